The first-order valence-electron chi connectivity index (χ1n) is 6.55. The lowest BCUT2D eigenvalue weighted by Gasteiger charge is -2.45. The maximum absolute atomic E-state index is 11.0. The van der Waals surface area contributed by atoms with Gasteiger partial charge in [0.15, 0.2) is 0 Å². The second kappa shape index (κ2) is 3.92. The minimum atomic E-state index is 0.269. The van der Waals surface area contributed by atoms with Crippen LogP contribution in [0.15, 0.2) is 0 Å². The van der Waals surface area contributed by atoms with Crippen molar-refractivity contribution in [2.24, 2.45) is 29.1 Å². The molecule has 86 valence electrons. The van der Waals surface area contributed by atoms with Gasteiger partial charge in [0.2, 0.25) is 0 Å². The number of carbonyl (C=O) groups excluding carboxylic acids is 1. The van der Waals surface area contributed by atoms with Crippen LogP contribution in [-0.4, -0.2) is 6.29 Å². The third-order valence-corrected chi connectivity index (χ3v) is 5.39. The predicted octanol–water partition coefficient (Wildman–Crippen LogP) is 3.67. The molecule has 2 aliphatic rings. The van der Waals surface area contributed by atoms with E-state index in [1.54, 1.807) is 0 Å². The van der Waals surface area contributed by atoms with Crippen molar-refractivity contribution in [3.05, 3.63) is 0 Å². The Morgan fingerprint density at radius 3 is 2.73 bits per heavy atom. The second-order valence-corrected chi connectivity index (χ2v) is 6.16. The van der Waals surface area contributed by atoms with E-state index in [9.17, 15) is 4.79 Å². The van der Waals surface area contributed by atoms with Crippen LogP contribution in [0, 0.1) is 29.1 Å². The van der Waals surface area contributed by atoms with E-state index >= 15 is 0 Å². The first-order valence-corrected chi connectivity index (χ1v) is 6.55. The molecule has 2 saturated carbocycles. The van der Waals surface area contributed by atoms with Crippen LogP contribution in [0.3, 0.4) is 0 Å². The zero-order chi connectivity index (χ0) is 11.1. The molecular weight excluding hydrogens is 184 g/mol. The number of carbonyl (C=O) groups is 1. The maximum Gasteiger partial charge on any atom is 0.123 e. The molecule has 0 bridgehead atoms. The summed E-state index contributed by atoms with van der Waals surface area (Å²) in [6, 6.07) is 0. The fourth-order valence-electron chi connectivity index (χ4n) is 4.56. The molecule has 0 saturated heterocycles. The van der Waals surface area contributed by atoms with Gasteiger partial charge in [-0.1, -0.05) is 33.6 Å². The van der Waals surface area contributed by atoms with E-state index in [0.29, 0.717) is 11.3 Å². The second-order valence-electron chi connectivity index (χ2n) is 6.16. The summed E-state index contributed by atoms with van der Waals surface area (Å²) >= 11 is 0. The highest BCUT2D eigenvalue weighted by atomic mass is 16.1. The fraction of sp³-hybridized carbons (Fsp3) is 0.929. The van der Waals surface area contributed by atoms with E-state index in [1.807, 2.05) is 0 Å². The number of hydrogen-bond acceptors (Lipinski definition) is 1. The summed E-state index contributed by atoms with van der Waals surface area (Å²) in [5.41, 5.74) is 0.470. The average molecular weight is 208 g/mol. The molecule has 0 aromatic heterocycles. The molecule has 1 nitrogen and oxygen atoms in total. The van der Waals surface area contributed by atoms with Gasteiger partial charge in [-0.05, 0) is 42.4 Å². The summed E-state index contributed by atoms with van der Waals surface area (Å²) in [5, 5.41) is 0. The molecule has 2 rings (SSSR count). The third kappa shape index (κ3) is 1.64. The Labute approximate surface area is 93.6 Å². The molecule has 2 aliphatic carbocycles. The predicted molar refractivity (Wildman–Crippen MR) is 62.6 cm³/mol. The molecule has 0 unspecified atom stereocenters. The van der Waals surface area contributed by atoms with Crippen molar-refractivity contribution in [3.8, 4) is 0 Å². The smallest absolute Gasteiger partial charge is 0.123 e. The Morgan fingerprint density at radius 1 is 1.33 bits per heavy atom. The van der Waals surface area contributed by atoms with Gasteiger partial charge >= 0.3 is 0 Å². The summed E-state index contributed by atoms with van der Waals surface area (Å²) in [7, 11) is 0. The Bertz CT molecular complexity index is 248. The highest BCUT2D eigenvalue weighted by Crippen LogP contribution is 2.59. The van der Waals surface area contributed by atoms with Crippen LogP contribution in [0.2, 0.25) is 0 Å². The van der Waals surface area contributed by atoms with Gasteiger partial charge < -0.3 is 4.79 Å². The van der Waals surface area contributed by atoms with Crippen LogP contribution >= 0.6 is 0 Å². The average Bonchev–Trinajstić information content (AvgIpc) is 2.56. The van der Waals surface area contributed by atoms with Gasteiger partial charge in [-0.2, -0.15) is 0 Å². The molecule has 1 heteroatoms. The molecule has 0 amide bonds. The quantitative estimate of drug-likeness (QED) is 0.633. The summed E-state index contributed by atoms with van der Waals surface area (Å²) in [5.74, 6) is 2.69. The molecule has 0 spiro atoms. The van der Waals surface area contributed by atoms with Gasteiger partial charge in [0.1, 0.15) is 6.29 Å². The van der Waals surface area contributed by atoms with Crippen LogP contribution in [0.4, 0.5) is 0 Å². The van der Waals surface area contributed by atoms with Crippen molar-refractivity contribution >= 4 is 6.29 Å². The molecule has 0 radical (unpaired) electrons. The molecule has 0 aromatic carbocycles. The fourth-order valence-corrected chi connectivity index (χ4v) is 4.56. The van der Waals surface area contributed by atoms with Crippen molar-refractivity contribution in [2.75, 3.05) is 0 Å². The molecule has 5 atom stereocenters. The van der Waals surface area contributed by atoms with Crippen molar-refractivity contribution in [3.63, 3.8) is 0 Å². The van der Waals surface area contributed by atoms with Crippen LogP contribution in [0.5, 0.6) is 0 Å². The molecule has 0 aliphatic heterocycles. The highest BCUT2D eigenvalue weighted by molar-refractivity contribution is 5.53. The molecule has 15 heavy (non-hydrogen) atoms. The van der Waals surface area contributed by atoms with Gasteiger partial charge in [0.25, 0.3) is 0 Å². The summed E-state index contributed by atoms with van der Waals surface area (Å²) in [4.78, 5) is 11.0. The lowest BCUT2D eigenvalue weighted by Crippen LogP contribution is -2.38. The van der Waals surface area contributed by atoms with E-state index < -0.39 is 0 Å². The van der Waals surface area contributed by atoms with Crippen LogP contribution < -0.4 is 0 Å². The van der Waals surface area contributed by atoms with Crippen molar-refractivity contribution in [1.82, 2.24) is 0 Å². The lowest BCUT2D eigenvalue weighted by molar-refractivity contribution is -0.114. The first-order chi connectivity index (χ1) is 7.09. The molecule has 0 N–H and O–H groups in total. The zero-order valence-electron chi connectivity index (χ0n) is 10.3. The summed E-state index contributed by atoms with van der Waals surface area (Å²) < 4.78 is 0. The van der Waals surface area contributed by atoms with Crippen LogP contribution in [-0.2, 0) is 4.79 Å². The van der Waals surface area contributed by atoms with E-state index in [1.165, 1.54) is 38.4 Å². The zero-order valence-corrected chi connectivity index (χ0v) is 10.3. The molecule has 2 fully saturated rings. The Hall–Kier alpha value is -0.330. The van der Waals surface area contributed by atoms with Crippen molar-refractivity contribution in [2.45, 2.75) is 52.9 Å². The number of hydrogen-bond donors (Lipinski definition) is 0. The SMILES string of the molecule is C[C@@H](C=O)[C@H]1CC[C@H]2[C@@H](C)CCC[C@]12C. The Kier molecular flexibility index (Phi) is 2.92. The standard InChI is InChI=1S/C14H24O/c1-10-5-4-8-14(3)12(10)6-7-13(14)11(2)9-15/h9-13H,4-8H2,1-3H3/t10-,11-,12-,13+,14-/m0/s1. The Morgan fingerprint density at radius 2 is 2.07 bits per heavy atom. The molecular formula is C14H24O. The summed E-state index contributed by atoms with van der Waals surface area (Å²) in [6.45, 7) is 6.98. The number of rotatable bonds is 2. The van der Waals surface area contributed by atoms with Gasteiger partial charge in [-0.25, -0.2) is 0 Å². The topological polar surface area (TPSA) is 17.1 Å². The minimum absolute atomic E-state index is 0.269. The Balaban J connectivity index is 2.20. The molecule has 0 aromatic rings. The third-order valence-electron chi connectivity index (χ3n) is 5.39. The molecule has 0 heterocycles. The highest BCUT2D eigenvalue weighted by Gasteiger charge is 2.51. The van der Waals surface area contributed by atoms with Crippen molar-refractivity contribution < 1.29 is 4.79 Å². The number of fused-ring (bicyclic) bond motifs is 1. The van der Waals surface area contributed by atoms with Gasteiger partial charge in [-0.15, -0.1) is 0 Å². The van der Waals surface area contributed by atoms with Crippen LogP contribution in [0.1, 0.15) is 52.9 Å². The maximum atomic E-state index is 11.0. The van der Waals surface area contributed by atoms with E-state index in [2.05, 4.69) is 20.8 Å². The van der Waals surface area contributed by atoms with E-state index in [4.69, 9.17) is 0 Å². The van der Waals surface area contributed by atoms with Gasteiger partial charge in [0, 0.05) is 5.92 Å². The van der Waals surface area contributed by atoms with Crippen molar-refractivity contribution in [1.29, 1.82) is 0 Å². The largest absolute Gasteiger partial charge is 0.303 e. The van der Waals surface area contributed by atoms with Gasteiger partial charge in [0.05, 0.1) is 0 Å². The number of aldehydes is 1. The lowest BCUT2D eigenvalue weighted by atomic mass is 9.60. The van der Waals surface area contributed by atoms with Gasteiger partial charge in [-0.3, -0.25) is 0 Å². The normalized spacial score (nSPS) is 47.3. The first kappa shape index (κ1) is 11.2. The van der Waals surface area contributed by atoms with E-state index in [0.717, 1.165) is 11.8 Å². The summed E-state index contributed by atoms with van der Waals surface area (Å²) in [6.07, 6.45) is 7.95. The van der Waals surface area contributed by atoms with Crippen LogP contribution in [0.25, 0.3) is 0 Å². The van der Waals surface area contributed by atoms with E-state index in [-0.39, 0.29) is 5.92 Å². The minimum Gasteiger partial charge on any atom is -0.303 e. The monoisotopic (exact) mass is 208 g/mol.